The molecule has 0 bridgehead atoms. The summed E-state index contributed by atoms with van der Waals surface area (Å²) in [6.07, 6.45) is -0.640. The quantitative estimate of drug-likeness (QED) is 0.0609. The van der Waals surface area contributed by atoms with Crippen molar-refractivity contribution in [1.82, 2.24) is 15.5 Å². The molecule has 17 heteroatoms. The number of amides is 3. The number of rotatable bonds is 23. The van der Waals surface area contributed by atoms with E-state index in [1.54, 1.807) is 12.3 Å². The fourth-order valence-electron chi connectivity index (χ4n) is 4.58. The summed E-state index contributed by atoms with van der Waals surface area (Å²) in [6, 6.07) is -0.940. The predicted molar refractivity (Wildman–Crippen MR) is 167 cm³/mol. The van der Waals surface area contributed by atoms with E-state index >= 15 is 0 Å². The molecule has 1 fully saturated rings. The highest BCUT2D eigenvalue weighted by Crippen LogP contribution is 2.29. The molecule has 0 aliphatic carbocycles. The zero-order valence-electron chi connectivity index (χ0n) is 28.7. The van der Waals surface area contributed by atoms with E-state index in [9.17, 15) is 28.8 Å². The number of allylic oxidation sites excluding steroid dienone is 1. The molecule has 0 aromatic heterocycles. The Morgan fingerprint density at radius 2 is 1.38 bits per heavy atom. The highest BCUT2D eigenvalue weighted by Gasteiger charge is 2.50. The SMILES string of the molecule is CC=COCCOCCOCCNC(=O)CN(CCOCC[C@@H]1O[C@H](COC(C)=O)[C@H](OC(C)=O)[C@H](OC(C)=O)[C@@H]1NC(C)=O)C(C)=O. The number of nitrogens with one attached hydrogen (secondary N) is 2. The lowest BCUT2D eigenvalue weighted by Crippen LogP contribution is -2.66. The molecule has 274 valence electrons. The Morgan fingerprint density at radius 1 is 0.750 bits per heavy atom. The van der Waals surface area contributed by atoms with Crippen LogP contribution in [0.5, 0.6) is 0 Å². The molecule has 0 radical (unpaired) electrons. The molecule has 0 aromatic carbocycles. The predicted octanol–water partition coefficient (Wildman–Crippen LogP) is -0.360. The third kappa shape index (κ3) is 18.5. The first kappa shape index (κ1) is 42.2. The molecule has 0 aromatic rings. The summed E-state index contributed by atoms with van der Waals surface area (Å²) in [5.74, 6) is -3.13. The van der Waals surface area contributed by atoms with Crippen molar-refractivity contribution in [3.8, 4) is 0 Å². The van der Waals surface area contributed by atoms with Gasteiger partial charge in [-0.05, 0) is 13.3 Å². The van der Waals surface area contributed by atoms with Gasteiger partial charge < -0.3 is 53.4 Å². The van der Waals surface area contributed by atoms with Crippen LogP contribution in [0.25, 0.3) is 0 Å². The van der Waals surface area contributed by atoms with Crippen molar-refractivity contribution < 1.29 is 66.7 Å². The number of hydrogen-bond donors (Lipinski definition) is 2. The van der Waals surface area contributed by atoms with Crippen LogP contribution in [0, 0.1) is 0 Å². The van der Waals surface area contributed by atoms with Gasteiger partial charge in [0, 0.05) is 54.3 Å². The maximum absolute atomic E-state index is 12.4. The number of ether oxygens (including phenoxy) is 8. The van der Waals surface area contributed by atoms with Gasteiger partial charge in [-0.1, -0.05) is 6.08 Å². The van der Waals surface area contributed by atoms with Gasteiger partial charge in [0.25, 0.3) is 0 Å². The number of hydrogen-bond acceptors (Lipinski definition) is 14. The molecule has 1 saturated heterocycles. The minimum absolute atomic E-state index is 0.0770. The summed E-state index contributed by atoms with van der Waals surface area (Å²) in [5.41, 5.74) is 0. The summed E-state index contributed by atoms with van der Waals surface area (Å²) >= 11 is 0. The lowest BCUT2D eigenvalue weighted by atomic mass is 9.90. The largest absolute Gasteiger partial charge is 0.499 e. The number of esters is 3. The van der Waals surface area contributed by atoms with Crippen LogP contribution >= 0.6 is 0 Å². The molecule has 1 aliphatic heterocycles. The van der Waals surface area contributed by atoms with Gasteiger partial charge in [0.05, 0.1) is 58.0 Å². The second kappa shape index (κ2) is 24.4. The van der Waals surface area contributed by atoms with Crippen molar-refractivity contribution in [2.75, 3.05) is 72.5 Å². The molecule has 3 amide bonds. The van der Waals surface area contributed by atoms with Crippen LogP contribution in [0.1, 0.15) is 48.0 Å². The van der Waals surface area contributed by atoms with E-state index in [0.29, 0.717) is 26.4 Å². The van der Waals surface area contributed by atoms with Gasteiger partial charge in [0.1, 0.15) is 19.3 Å². The average Bonchev–Trinajstić information content (AvgIpc) is 3.00. The van der Waals surface area contributed by atoms with E-state index in [-0.39, 0.29) is 64.3 Å². The molecule has 17 nitrogen and oxygen atoms in total. The van der Waals surface area contributed by atoms with Gasteiger partial charge in [-0.25, -0.2) is 0 Å². The Bertz CT molecular complexity index is 1060. The van der Waals surface area contributed by atoms with Gasteiger partial charge >= 0.3 is 17.9 Å². The first-order valence-electron chi connectivity index (χ1n) is 15.7. The smallest absolute Gasteiger partial charge is 0.303 e. The Kier molecular flexibility index (Phi) is 21.4. The zero-order chi connectivity index (χ0) is 35.9. The Balaban J connectivity index is 2.63. The Labute approximate surface area is 281 Å². The van der Waals surface area contributed by atoms with Crippen molar-refractivity contribution >= 4 is 35.6 Å². The average molecular weight is 690 g/mol. The normalized spacial score (nSPS) is 20.4. The molecule has 2 N–H and O–H groups in total. The molecule has 0 spiro atoms. The second-order valence-corrected chi connectivity index (χ2v) is 10.6. The standard InChI is InChI=1S/C31H51N3O14/c1-7-11-41-15-17-44-18-16-43-13-9-32-28(40)19-34(22(3)36)10-14-42-12-8-26-29(33-21(2)35)31(47-25(6)39)30(46-24(5)38)27(48-26)20-45-23(4)37/h7,11,26-27,29-31H,8-10,12-20H2,1-6H3,(H,32,40)(H,33,35)/t26-,27+,29+,30-,31+/m0/s1. The summed E-state index contributed by atoms with van der Waals surface area (Å²) in [6.45, 7) is 9.95. The highest BCUT2D eigenvalue weighted by atomic mass is 16.6. The molecule has 1 aliphatic rings. The Morgan fingerprint density at radius 3 is 1.98 bits per heavy atom. The minimum Gasteiger partial charge on any atom is -0.499 e. The van der Waals surface area contributed by atoms with Gasteiger partial charge in [0.15, 0.2) is 12.2 Å². The van der Waals surface area contributed by atoms with Gasteiger partial charge in [0.2, 0.25) is 17.7 Å². The van der Waals surface area contributed by atoms with Crippen LogP contribution in [0.4, 0.5) is 0 Å². The van der Waals surface area contributed by atoms with E-state index < -0.39 is 54.3 Å². The summed E-state index contributed by atoms with van der Waals surface area (Å²) in [4.78, 5) is 73.3. The first-order chi connectivity index (χ1) is 22.8. The minimum atomic E-state index is -1.19. The monoisotopic (exact) mass is 689 g/mol. The van der Waals surface area contributed by atoms with E-state index in [1.807, 2.05) is 6.92 Å². The maximum atomic E-state index is 12.4. The summed E-state index contributed by atoms with van der Waals surface area (Å²) in [7, 11) is 0. The van der Waals surface area contributed by atoms with Crippen LogP contribution in [0.15, 0.2) is 12.3 Å². The van der Waals surface area contributed by atoms with Crippen LogP contribution in [-0.4, -0.2) is 143 Å². The molecule has 0 saturated carbocycles. The maximum Gasteiger partial charge on any atom is 0.303 e. The molecular formula is C31H51N3O14. The molecule has 48 heavy (non-hydrogen) atoms. The number of nitrogens with zero attached hydrogens (tertiary/aromatic N) is 1. The highest BCUT2D eigenvalue weighted by molar-refractivity contribution is 5.83. The van der Waals surface area contributed by atoms with E-state index in [0.717, 1.165) is 6.92 Å². The third-order valence-electron chi connectivity index (χ3n) is 6.57. The van der Waals surface area contributed by atoms with Crippen LogP contribution in [0.2, 0.25) is 0 Å². The van der Waals surface area contributed by atoms with Crippen molar-refractivity contribution in [3.05, 3.63) is 12.3 Å². The first-order valence-corrected chi connectivity index (χ1v) is 15.7. The fourth-order valence-corrected chi connectivity index (χ4v) is 4.58. The van der Waals surface area contributed by atoms with Gasteiger partial charge in [-0.15, -0.1) is 0 Å². The number of carbonyl (C=O) groups excluding carboxylic acids is 6. The van der Waals surface area contributed by atoms with Crippen molar-refractivity contribution in [2.24, 2.45) is 0 Å². The fraction of sp³-hybridized carbons (Fsp3) is 0.742. The van der Waals surface area contributed by atoms with E-state index in [4.69, 9.17) is 37.9 Å². The molecule has 0 unspecified atom stereocenters. The van der Waals surface area contributed by atoms with Gasteiger partial charge in [-0.2, -0.15) is 0 Å². The lowest BCUT2D eigenvalue weighted by Gasteiger charge is -2.45. The topological polar surface area (TPSA) is 204 Å². The van der Waals surface area contributed by atoms with Crippen LogP contribution in [-0.2, 0) is 66.7 Å². The molecule has 1 heterocycles. The summed E-state index contributed by atoms with van der Waals surface area (Å²) < 4.78 is 43.7. The lowest BCUT2D eigenvalue weighted by molar-refractivity contribution is -0.225. The third-order valence-corrected chi connectivity index (χ3v) is 6.57. The number of carbonyl (C=O) groups is 6. The summed E-state index contributed by atoms with van der Waals surface area (Å²) in [5, 5.41) is 5.39. The van der Waals surface area contributed by atoms with Crippen molar-refractivity contribution in [1.29, 1.82) is 0 Å². The molecule has 5 atom stereocenters. The zero-order valence-corrected chi connectivity index (χ0v) is 28.7. The molecule has 1 rings (SSSR count). The second-order valence-electron chi connectivity index (χ2n) is 10.6. The van der Waals surface area contributed by atoms with Gasteiger partial charge in [-0.3, -0.25) is 28.8 Å². The van der Waals surface area contributed by atoms with Crippen molar-refractivity contribution in [2.45, 2.75) is 78.4 Å². The van der Waals surface area contributed by atoms with Crippen LogP contribution < -0.4 is 10.6 Å². The van der Waals surface area contributed by atoms with Crippen molar-refractivity contribution in [3.63, 3.8) is 0 Å². The van der Waals surface area contributed by atoms with Crippen LogP contribution in [0.3, 0.4) is 0 Å². The molecular weight excluding hydrogens is 638 g/mol. The van der Waals surface area contributed by atoms with E-state index in [1.165, 1.54) is 32.6 Å². The van der Waals surface area contributed by atoms with E-state index in [2.05, 4.69) is 10.6 Å². The Hall–Kier alpha value is -3.80.